The summed E-state index contributed by atoms with van der Waals surface area (Å²) < 4.78 is 4.35. The molecule has 6 heteroatoms. The SMILES string of the molecule is CCN1C(=O)CCc2cc(Nc3nc(C(C)C)ns3)ccc21. The molecule has 1 aliphatic heterocycles. The zero-order valence-corrected chi connectivity index (χ0v) is 13.9. The Bertz CT molecular complexity index is 695. The molecule has 1 N–H and O–H groups in total. The standard InChI is InChI=1S/C16H20N4OS/c1-4-20-13-7-6-12(9-11(13)5-8-14(20)21)17-16-18-15(10(2)3)19-22-16/h6-7,9-10H,4-5,8H2,1-3H3,(H,17,18,19). The Balaban J connectivity index is 1.83. The van der Waals surface area contributed by atoms with Gasteiger partial charge in [0.1, 0.15) is 5.82 Å². The highest BCUT2D eigenvalue weighted by molar-refractivity contribution is 7.09. The lowest BCUT2D eigenvalue weighted by Gasteiger charge is -2.28. The number of carbonyl (C=O) groups excluding carboxylic acids is 1. The minimum absolute atomic E-state index is 0.210. The van der Waals surface area contributed by atoms with Crippen LogP contribution >= 0.6 is 11.5 Å². The number of benzene rings is 1. The fraction of sp³-hybridized carbons (Fsp3) is 0.438. The number of hydrogen-bond donors (Lipinski definition) is 1. The second-order valence-corrected chi connectivity index (χ2v) is 6.47. The summed E-state index contributed by atoms with van der Waals surface area (Å²) in [5, 5.41) is 4.12. The average molecular weight is 316 g/mol. The van der Waals surface area contributed by atoms with E-state index in [0.717, 1.165) is 28.8 Å². The summed E-state index contributed by atoms with van der Waals surface area (Å²) in [7, 11) is 0. The van der Waals surface area contributed by atoms with Crippen LogP contribution in [-0.4, -0.2) is 21.8 Å². The molecule has 0 unspecified atom stereocenters. The van der Waals surface area contributed by atoms with Gasteiger partial charge in [-0.3, -0.25) is 4.79 Å². The predicted molar refractivity (Wildman–Crippen MR) is 90.1 cm³/mol. The van der Waals surface area contributed by atoms with Gasteiger partial charge in [0.2, 0.25) is 11.0 Å². The number of carbonyl (C=O) groups is 1. The van der Waals surface area contributed by atoms with Crippen molar-refractivity contribution >= 4 is 33.9 Å². The molecule has 3 rings (SSSR count). The van der Waals surface area contributed by atoms with Crippen molar-refractivity contribution in [2.45, 2.75) is 39.5 Å². The molecule has 0 saturated heterocycles. The van der Waals surface area contributed by atoms with E-state index in [1.54, 1.807) is 0 Å². The molecule has 2 aromatic rings. The second-order valence-electron chi connectivity index (χ2n) is 5.72. The number of rotatable bonds is 4. The molecule has 0 atom stereocenters. The van der Waals surface area contributed by atoms with E-state index in [9.17, 15) is 4.79 Å². The second kappa shape index (κ2) is 6.04. The summed E-state index contributed by atoms with van der Waals surface area (Å²) >= 11 is 1.38. The minimum atomic E-state index is 0.210. The smallest absolute Gasteiger partial charge is 0.227 e. The topological polar surface area (TPSA) is 58.1 Å². The molecule has 0 saturated carbocycles. The molecule has 0 fully saturated rings. The van der Waals surface area contributed by atoms with Gasteiger partial charge in [-0.1, -0.05) is 13.8 Å². The third kappa shape index (κ3) is 2.83. The van der Waals surface area contributed by atoms with Crippen molar-refractivity contribution in [1.29, 1.82) is 0 Å². The average Bonchev–Trinajstić information content (AvgIpc) is 2.96. The molecule has 2 heterocycles. The Hall–Kier alpha value is -1.95. The van der Waals surface area contributed by atoms with Gasteiger partial charge >= 0.3 is 0 Å². The van der Waals surface area contributed by atoms with Crippen LogP contribution in [0.4, 0.5) is 16.5 Å². The Kier molecular flexibility index (Phi) is 4.11. The highest BCUT2D eigenvalue weighted by atomic mass is 32.1. The molecule has 22 heavy (non-hydrogen) atoms. The van der Waals surface area contributed by atoms with E-state index < -0.39 is 0 Å². The van der Waals surface area contributed by atoms with Crippen molar-refractivity contribution < 1.29 is 4.79 Å². The Morgan fingerprint density at radius 1 is 1.36 bits per heavy atom. The van der Waals surface area contributed by atoms with Crippen LogP contribution in [0.3, 0.4) is 0 Å². The monoisotopic (exact) mass is 316 g/mol. The van der Waals surface area contributed by atoms with E-state index in [2.05, 4.69) is 34.6 Å². The van der Waals surface area contributed by atoms with Gasteiger partial charge in [0.25, 0.3) is 0 Å². The fourth-order valence-electron chi connectivity index (χ4n) is 2.63. The summed E-state index contributed by atoms with van der Waals surface area (Å²) in [5.41, 5.74) is 3.24. The van der Waals surface area contributed by atoms with E-state index >= 15 is 0 Å². The van der Waals surface area contributed by atoms with Crippen molar-refractivity contribution in [2.24, 2.45) is 0 Å². The van der Waals surface area contributed by atoms with E-state index in [0.29, 0.717) is 18.9 Å². The first-order valence-corrected chi connectivity index (χ1v) is 8.39. The largest absolute Gasteiger partial charge is 0.330 e. The van der Waals surface area contributed by atoms with Gasteiger partial charge in [0, 0.05) is 41.8 Å². The van der Waals surface area contributed by atoms with Crippen LogP contribution < -0.4 is 10.2 Å². The number of nitrogens with zero attached hydrogens (tertiary/aromatic N) is 3. The number of fused-ring (bicyclic) bond motifs is 1. The molecule has 0 spiro atoms. The third-order valence-corrected chi connectivity index (χ3v) is 4.45. The summed E-state index contributed by atoms with van der Waals surface area (Å²) in [5.74, 6) is 1.41. The maximum absolute atomic E-state index is 11.9. The van der Waals surface area contributed by atoms with E-state index in [4.69, 9.17) is 0 Å². The van der Waals surface area contributed by atoms with Crippen molar-refractivity contribution in [3.8, 4) is 0 Å². The molecule has 1 aromatic carbocycles. The molecule has 0 bridgehead atoms. The van der Waals surface area contributed by atoms with Crippen molar-refractivity contribution in [3.63, 3.8) is 0 Å². The van der Waals surface area contributed by atoms with Crippen LogP contribution in [0.2, 0.25) is 0 Å². The molecular formula is C16H20N4OS. The van der Waals surface area contributed by atoms with E-state index in [1.165, 1.54) is 17.1 Å². The first-order chi connectivity index (χ1) is 10.6. The Labute approximate surface area is 134 Å². The molecular weight excluding hydrogens is 296 g/mol. The third-order valence-electron chi connectivity index (χ3n) is 3.81. The molecule has 0 radical (unpaired) electrons. The number of aromatic nitrogens is 2. The quantitative estimate of drug-likeness (QED) is 0.934. The molecule has 0 aliphatic carbocycles. The van der Waals surface area contributed by atoms with Crippen LogP contribution in [0.5, 0.6) is 0 Å². The minimum Gasteiger partial charge on any atom is -0.330 e. The highest BCUT2D eigenvalue weighted by Gasteiger charge is 2.22. The van der Waals surface area contributed by atoms with Crippen LogP contribution in [0.15, 0.2) is 18.2 Å². The molecule has 5 nitrogen and oxygen atoms in total. The maximum atomic E-state index is 11.9. The van der Waals surface area contributed by atoms with Gasteiger partial charge < -0.3 is 10.2 Å². The van der Waals surface area contributed by atoms with Gasteiger partial charge in [-0.25, -0.2) is 4.98 Å². The molecule has 1 aromatic heterocycles. The lowest BCUT2D eigenvalue weighted by atomic mass is 10.0. The Morgan fingerprint density at radius 2 is 2.18 bits per heavy atom. The van der Waals surface area contributed by atoms with Gasteiger partial charge in [0.15, 0.2) is 0 Å². The summed E-state index contributed by atoms with van der Waals surface area (Å²) in [6, 6.07) is 6.13. The lowest BCUT2D eigenvalue weighted by molar-refractivity contribution is -0.118. The normalized spacial score (nSPS) is 14.4. The zero-order valence-electron chi connectivity index (χ0n) is 13.1. The van der Waals surface area contributed by atoms with Gasteiger partial charge in [-0.2, -0.15) is 4.37 Å². The van der Waals surface area contributed by atoms with Gasteiger partial charge in [-0.15, -0.1) is 0 Å². The molecule has 1 aliphatic rings. The zero-order chi connectivity index (χ0) is 15.7. The maximum Gasteiger partial charge on any atom is 0.227 e. The van der Waals surface area contributed by atoms with Crippen LogP contribution in [0.1, 0.15) is 44.5 Å². The van der Waals surface area contributed by atoms with E-state index in [-0.39, 0.29) is 5.91 Å². The van der Waals surface area contributed by atoms with Gasteiger partial charge in [0.05, 0.1) is 0 Å². The lowest BCUT2D eigenvalue weighted by Crippen LogP contribution is -2.34. The van der Waals surface area contributed by atoms with Gasteiger partial charge in [-0.05, 0) is 37.1 Å². The van der Waals surface area contributed by atoms with Crippen molar-refractivity contribution in [1.82, 2.24) is 9.36 Å². The van der Waals surface area contributed by atoms with Crippen LogP contribution in [0, 0.1) is 0 Å². The molecule has 116 valence electrons. The van der Waals surface area contributed by atoms with Crippen molar-refractivity contribution in [3.05, 3.63) is 29.6 Å². The van der Waals surface area contributed by atoms with Crippen LogP contribution in [-0.2, 0) is 11.2 Å². The number of anilines is 3. The first-order valence-electron chi connectivity index (χ1n) is 7.62. The first kappa shape index (κ1) is 15.0. The molecule has 1 amide bonds. The van der Waals surface area contributed by atoms with Crippen molar-refractivity contribution in [2.75, 3.05) is 16.8 Å². The number of aryl methyl sites for hydroxylation is 1. The summed E-state index contributed by atoms with van der Waals surface area (Å²) in [6.07, 6.45) is 1.38. The van der Waals surface area contributed by atoms with E-state index in [1.807, 2.05) is 24.0 Å². The highest BCUT2D eigenvalue weighted by Crippen LogP contribution is 2.31. The fourth-order valence-corrected chi connectivity index (χ4v) is 3.36. The Morgan fingerprint density at radius 3 is 2.86 bits per heavy atom. The summed E-state index contributed by atoms with van der Waals surface area (Å²) in [6.45, 7) is 6.89. The number of nitrogens with one attached hydrogen (secondary N) is 1. The summed E-state index contributed by atoms with van der Waals surface area (Å²) in [4.78, 5) is 18.3. The predicted octanol–water partition coefficient (Wildman–Crippen LogP) is 3.70. The number of hydrogen-bond acceptors (Lipinski definition) is 5. The van der Waals surface area contributed by atoms with Crippen LogP contribution in [0.25, 0.3) is 0 Å². The number of amides is 1.